The van der Waals surface area contributed by atoms with Crippen LogP contribution < -0.4 is 5.32 Å². The number of ketones is 1. The molecule has 1 fully saturated rings. The van der Waals surface area contributed by atoms with Crippen LogP contribution in [0, 0.1) is 22.9 Å². The first-order valence-electron chi connectivity index (χ1n) is 11.2. The standard InChI is InChI=1S/C25H17F12NO2/c26-17-6-4-14(19(27)20(17)28)15(24(32,33)34)5-2-12-1-3-13(16(9-12)25(35,36)37)18(39)10-22(7-8-22)21(40)38-11-23(29,30)31/h1-6,9,15H,7-8,10-11H2,(H,38,40)/b5-2+. The van der Waals surface area contributed by atoms with E-state index in [1.807, 2.05) is 0 Å². The lowest BCUT2D eigenvalue weighted by Crippen LogP contribution is -2.39. The first-order valence-corrected chi connectivity index (χ1v) is 11.2. The molecule has 1 aliphatic carbocycles. The predicted octanol–water partition coefficient (Wildman–Crippen LogP) is 7.51. The van der Waals surface area contributed by atoms with Gasteiger partial charge in [0.2, 0.25) is 5.91 Å². The number of halogens is 12. The normalized spacial score (nSPS) is 16.2. The minimum atomic E-state index is -5.27. The highest BCUT2D eigenvalue weighted by Crippen LogP contribution is 2.50. The van der Waals surface area contributed by atoms with Gasteiger partial charge >= 0.3 is 18.5 Å². The molecule has 0 spiro atoms. The third-order valence-electron chi connectivity index (χ3n) is 6.17. The zero-order valence-corrected chi connectivity index (χ0v) is 19.8. The van der Waals surface area contributed by atoms with Gasteiger partial charge in [-0.3, -0.25) is 9.59 Å². The molecule has 0 radical (unpaired) electrons. The molecule has 0 aliphatic heterocycles. The van der Waals surface area contributed by atoms with Crippen molar-refractivity contribution in [2.75, 3.05) is 6.54 Å². The topological polar surface area (TPSA) is 46.2 Å². The highest BCUT2D eigenvalue weighted by Gasteiger charge is 2.52. The van der Waals surface area contributed by atoms with Crippen LogP contribution in [0.25, 0.3) is 6.08 Å². The largest absolute Gasteiger partial charge is 0.417 e. The molecule has 1 aliphatic rings. The summed E-state index contributed by atoms with van der Waals surface area (Å²) < 4.78 is 160. The van der Waals surface area contributed by atoms with E-state index in [-0.39, 0.29) is 25.0 Å². The van der Waals surface area contributed by atoms with Crippen LogP contribution in [0.1, 0.15) is 52.2 Å². The number of rotatable bonds is 8. The van der Waals surface area contributed by atoms with E-state index in [0.717, 1.165) is 6.07 Å². The lowest BCUT2D eigenvalue weighted by molar-refractivity contribution is -0.141. The Bertz CT molecular complexity index is 1320. The first-order chi connectivity index (χ1) is 18.2. The molecule has 15 heteroatoms. The highest BCUT2D eigenvalue weighted by atomic mass is 19.4. The summed E-state index contributed by atoms with van der Waals surface area (Å²) in [6.45, 7) is -1.70. The van der Waals surface area contributed by atoms with Crippen LogP contribution in [0.5, 0.6) is 0 Å². The van der Waals surface area contributed by atoms with Crippen LogP contribution in [0.3, 0.4) is 0 Å². The van der Waals surface area contributed by atoms with Gasteiger partial charge in [0.1, 0.15) is 12.5 Å². The van der Waals surface area contributed by atoms with E-state index >= 15 is 0 Å². The maximum Gasteiger partial charge on any atom is 0.417 e. The number of carbonyl (C=O) groups excluding carboxylic acids is 2. The Balaban J connectivity index is 1.91. The number of alkyl halides is 9. The summed E-state index contributed by atoms with van der Waals surface area (Å²) in [5, 5.41) is 1.59. The molecule has 3 nitrogen and oxygen atoms in total. The molecule has 1 amide bonds. The maximum atomic E-state index is 14.0. The summed E-state index contributed by atoms with van der Waals surface area (Å²) in [5.41, 5.74) is -6.07. The van der Waals surface area contributed by atoms with E-state index in [4.69, 9.17) is 0 Å². The molecule has 3 rings (SSSR count). The van der Waals surface area contributed by atoms with Gasteiger partial charge in [-0.2, -0.15) is 39.5 Å². The van der Waals surface area contributed by atoms with Crippen LogP contribution >= 0.6 is 0 Å². The Morgan fingerprint density at radius 1 is 0.900 bits per heavy atom. The zero-order valence-electron chi connectivity index (χ0n) is 19.8. The number of carbonyl (C=O) groups is 2. The van der Waals surface area contributed by atoms with Crippen LogP contribution in [0.15, 0.2) is 36.4 Å². The Hall–Kier alpha value is -3.52. The first kappa shape index (κ1) is 31.0. The fourth-order valence-corrected chi connectivity index (χ4v) is 3.93. The molecule has 1 atom stereocenters. The number of allylic oxidation sites excluding steroid dienone is 1. The van der Waals surface area contributed by atoms with E-state index in [9.17, 15) is 62.3 Å². The molecule has 2 aromatic rings. The number of hydrogen-bond donors (Lipinski definition) is 1. The summed E-state index contributed by atoms with van der Waals surface area (Å²) in [5.74, 6) is -11.4. The lowest BCUT2D eigenvalue weighted by Gasteiger charge is -2.19. The van der Waals surface area contributed by atoms with Gasteiger partial charge in [0.15, 0.2) is 23.2 Å². The summed E-state index contributed by atoms with van der Waals surface area (Å²) >= 11 is 0. The minimum Gasteiger partial charge on any atom is -0.346 e. The Kier molecular flexibility index (Phi) is 8.38. The van der Waals surface area contributed by atoms with Crippen molar-refractivity contribution in [3.8, 4) is 0 Å². The van der Waals surface area contributed by atoms with Gasteiger partial charge in [-0.25, -0.2) is 13.2 Å². The van der Waals surface area contributed by atoms with Gasteiger partial charge in [-0.05, 0) is 30.5 Å². The predicted molar refractivity (Wildman–Crippen MR) is 115 cm³/mol. The van der Waals surface area contributed by atoms with Crippen LogP contribution in [-0.2, 0) is 11.0 Å². The lowest BCUT2D eigenvalue weighted by atomic mass is 9.91. The molecule has 1 N–H and O–H groups in total. The molecular formula is C25H17F12NO2. The fraction of sp³-hybridized carbons (Fsp3) is 0.360. The van der Waals surface area contributed by atoms with Crippen molar-refractivity contribution in [1.82, 2.24) is 5.32 Å². The van der Waals surface area contributed by atoms with Crippen molar-refractivity contribution in [1.29, 1.82) is 0 Å². The van der Waals surface area contributed by atoms with E-state index in [1.54, 1.807) is 5.32 Å². The summed E-state index contributed by atoms with van der Waals surface area (Å²) in [4.78, 5) is 24.8. The minimum absolute atomic E-state index is 0.0516. The van der Waals surface area contributed by atoms with Gasteiger partial charge in [-0.1, -0.05) is 30.4 Å². The average Bonchev–Trinajstić information content (AvgIpc) is 3.61. The van der Waals surface area contributed by atoms with Crippen LogP contribution in [0.4, 0.5) is 52.7 Å². The summed E-state index contributed by atoms with van der Waals surface area (Å²) in [6, 6.07) is 2.32. The van der Waals surface area contributed by atoms with Gasteiger partial charge < -0.3 is 5.32 Å². The second kappa shape index (κ2) is 10.8. The van der Waals surface area contributed by atoms with Crippen molar-refractivity contribution in [2.24, 2.45) is 5.41 Å². The second-order valence-corrected chi connectivity index (χ2v) is 9.12. The summed E-state index contributed by atoms with van der Waals surface area (Å²) in [7, 11) is 0. The smallest absolute Gasteiger partial charge is 0.346 e. The van der Waals surface area contributed by atoms with E-state index in [0.29, 0.717) is 24.3 Å². The fourth-order valence-electron chi connectivity index (χ4n) is 3.93. The SMILES string of the molecule is O=C(CC1(C(=O)NCC(F)(F)F)CC1)c1ccc(/C=C/C(c2ccc(F)c(F)c2F)C(F)(F)F)cc1C(F)(F)F. The van der Waals surface area contributed by atoms with Crippen molar-refractivity contribution in [3.05, 3.63) is 76.1 Å². The van der Waals surface area contributed by atoms with Crippen LogP contribution in [-0.4, -0.2) is 30.6 Å². The Morgan fingerprint density at radius 2 is 1.52 bits per heavy atom. The third-order valence-corrected chi connectivity index (χ3v) is 6.17. The van der Waals surface area contributed by atoms with E-state index in [1.165, 1.54) is 0 Å². The number of Topliss-reactive ketones (excluding diaryl/α,β-unsaturated/α-hetero) is 1. The molecule has 0 aromatic heterocycles. The zero-order chi connectivity index (χ0) is 30.3. The number of nitrogens with one attached hydrogen (secondary N) is 1. The highest BCUT2D eigenvalue weighted by molar-refractivity contribution is 6.02. The molecule has 0 saturated heterocycles. The van der Waals surface area contributed by atoms with E-state index in [2.05, 4.69) is 0 Å². The maximum absolute atomic E-state index is 14.0. The van der Waals surface area contributed by atoms with Gasteiger partial charge in [0, 0.05) is 17.5 Å². The molecule has 0 heterocycles. The van der Waals surface area contributed by atoms with Crippen molar-refractivity contribution in [3.63, 3.8) is 0 Å². The molecule has 40 heavy (non-hydrogen) atoms. The van der Waals surface area contributed by atoms with Gasteiger partial charge in [0.05, 0.1) is 11.0 Å². The molecule has 1 unspecified atom stereocenters. The summed E-state index contributed by atoms with van der Waals surface area (Å²) in [6.07, 6.45) is -15.5. The number of benzene rings is 2. The van der Waals surface area contributed by atoms with Gasteiger partial charge in [-0.15, -0.1) is 0 Å². The second-order valence-electron chi connectivity index (χ2n) is 9.12. The average molecular weight is 591 g/mol. The van der Waals surface area contributed by atoms with Crippen molar-refractivity contribution in [2.45, 2.75) is 43.7 Å². The number of amides is 1. The molecule has 1 saturated carbocycles. The molecule has 2 aromatic carbocycles. The monoisotopic (exact) mass is 591 g/mol. The van der Waals surface area contributed by atoms with E-state index < -0.39 is 94.2 Å². The Labute approximate surface area is 217 Å². The van der Waals surface area contributed by atoms with Crippen molar-refractivity contribution >= 4 is 17.8 Å². The van der Waals surface area contributed by atoms with Crippen LogP contribution in [0.2, 0.25) is 0 Å². The quantitative estimate of drug-likeness (QED) is 0.196. The van der Waals surface area contributed by atoms with Crippen molar-refractivity contribution < 1.29 is 62.3 Å². The molecular weight excluding hydrogens is 574 g/mol. The number of hydrogen-bond acceptors (Lipinski definition) is 2. The Morgan fingerprint density at radius 3 is 2.05 bits per heavy atom. The third kappa shape index (κ3) is 7.16. The van der Waals surface area contributed by atoms with Gasteiger partial charge in [0.25, 0.3) is 0 Å². The molecule has 0 bridgehead atoms. The molecule has 218 valence electrons.